The maximum Gasteiger partial charge on any atom is 0.262 e. The van der Waals surface area contributed by atoms with Crippen molar-refractivity contribution in [1.82, 2.24) is 10.7 Å². The molecule has 28 heavy (non-hydrogen) atoms. The normalized spacial score (nSPS) is 12.2. The molecule has 0 aliphatic heterocycles. The molecule has 0 radical (unpaired) electrons. The summed E-state index contributed by atoms with van der Waals surface area (Å²) in [5, 5.41) is 16.6. The highest BCUT2D eigenvalue weighted by Gasteiger charge is 2.25. The lowest BCUT2D eigenvalue weighted by atomic mass is 10.0. The molecule has 0 aliphatic carbocycles. The quantitative estimate of drug-likeness (QED) is 0.379. The number of halogens is 3. The molecule has 0 saturated heterocycles. The SMILES string of the molecule is CC(C)C(NC(=O)c1ccccc1Cl)C(=O)N/N=C/c1cc(Br)c(O)c(Br)c1. The highest BCUT2D eigenvalue weighted by Crippen LogP contribution is 2.32. The average Bonchev–Trinajstić information content (AvgIpc) is 2.63. The maximum atomic E-state index is 12.5. The molecule has 2 rings (SSSR count). The highest BCUT2D eigenvalue weighted by atomic mass is 79.9. The van der Waals surface area contributed by atoms with Gasteiger partial charge in [-0.3, -0.25) is 9.59 Å². The van der Waals surface area contributed by atoms with Crippen molar-refractivity contribution in [3.63, 3.8) is 0 Å². The topological polar surface area (TPSA) is 90.8 Å². The van der Waals surface area contributed by atoms with E-state index in [0.29, 0.717) is 25.1 Å². The summed E-state index contributed by atoms with van der Waals surface area (Å²) in [7, 11) is 0. The smallest absolute Gasteiger partial charge is 0.262 e. The molecular weight excluding hydrogens is 513 g/mol. The van der Waals surface area contributed by atoms with Crippen LogP contribution in [0.15, 0.2) is 50.4 Å². The third-order valence-electron chi connectivity index (χ3n) is 3.78. The van der Waals surface area contributed by atoms with E-state index in [1.165, 1.54) is 6.21 Å². The Kier molecular flexibility index (Phi) is 8.03. The first kappa shape index (κ1) is 22.4. The minimum atomic E-state index is -0.792. The van der Waals surface area contributed by atoms with Crippen molar-refractivity contribution in [3.05, 3.63) is 61.5 Å². The molecule has 3 N–H and O–H groups in total. The molecule has 2 amide bonds. The lowest BCUT2D eigenvalue weighted by Crippen LogP contribution is -2.48. The first-order valence-electron chi connectivity index (χ1n) is 8.27. The van der Waals surface area contributed by atoms with Crippen LogP contribution in [0.5, 0.6) is 5.75 Å². The molecule has 1 atom stereocenters. The van der Waals surface area contributed by atoms with Gasteiger partial charge in [-0.15, -0.1) is 0 Å². The van der Waals surface area contributed by atoms with E-state index < -0.39 is 17.9 Å². The zero-order valence-corrected chi connectivity index (χ0v) is 19.0. The predicted octanol–water partition coefficient (Wildman–Crippen LogP) is 4.48. The summed E-state index contributed by atoms with van der Waals surface area (Å²) in [6.45, 7) is 3.63. The molecule has 0 bridgehead atoms. The number of phenols is 1. The number of carbonyl (C=O) groups excluding carboxylic acids is 2. The van der Waals surface area contributed by atoms with Crippen LogP contribution in [0, 0.1) is 5.92 Å². The van der Waals surface area contributed by atoms with Gasteiger partial charge in [0.05, 0.1) is 25.7 Å². The molecule has 2 aromatic rings. The Balaban J connectivity index is 2.07. The first-order valence-corrected chi connectivity index (χ1v) is 10.2. The number of nitrogens with one attached hydrogen (secondary N) is 2. The van der Waals surface area contributed by atoms with Gasteiger partial charge in [0.25, 0.3) is 11.8 Å². The summed E-state index contributed by atoms with van der Waals surface area (Å²) < 4.78 is 0.975. The highest BCUT2D eigenvalue weighted by molar-refractivity contribution is 9.11. The van der Waals surface area contributed by atoms with Crippen molar-refractivity contribution < 1.29 is 14.7 Å². The van der Waals surface area contributed by atoms with E-state index in [2.05, 4.69) is 47.7 Å². The molecule has 0 aromatic heterocycles. The van der Waals surface area contributed by atoms with Crippen molar-refractivity contribution in [1.29, 1.82) is 0 Å². The minimum Gasteiger partial charge on any atom is -0.506 e. The summed E-state index contributed by atoms with van der Waals surface area (Å²) in [5.41, 5.74) is 3.37. The predicted molar refractivity (Wildman–Crippen MR) is 117 cm³/mol. The Bertz CT molecular complexity index is 896. The molecule has 148 valence electrons. The Morgan fingerprint density at radius 1 is 1.18 bits per heavy atom. The number of hydrogen-bond donors (Lipinski definition) is 3. The van der Waals surface area contributed by atoms with Gasteiger partial charge in [-0.25, -0.2) is 5.43 Å². The van der Waals surface area contributed by atoms with Crippen molar-refractivity contribution in [2.45, 2.75) is 19.9 Å². The molecular formula is C19H18Br2ClN3O3. The van der Waals surface area contributed by atoms with Crippen molar-refractivity contribution in [2.75, 3.05) is 0 Å². The van der Waals surface area contributed by atoms with E-state index in [-0.39, 0.29) is 11.7 Å². The van der Waals surface area contributed by atoms with Gasteiger partial charge >= 0.3 is 0 Å². The number of carbonyl (C=O) groups is 2. The number of hydrogen-bond acceptors (Lipinski definition) is 4. The fourth-order valence-electron chi connectivity index (χ4n) is 2.30. The summed E-state index contributed by atoms with van der Waals surface area (Å²) in [5.74, 6) is -0.986. The molecule has 0 saturated carbocycles. The lowest BCUT2D eigenvalue weighted by molar-refractivity contribution is -0.123. The third kappa shape index (κ3) is 5.80. The number of aromatic hydroxyl groups is 1. The Morgan fingerprint density at radius 3 is 2.36 bits per heavy atom. The third-order valence-corrected chi connectivity index (χ3v) is 5.32. The van der Waals surface area contributed by atoms with Crippen LogP contribution in [-0.4, -0.2) is 29.2 Å². The molecule has 0 heterocycles. The van der Waals surface area contributed by atoms with Crippen LogP contribution in [-0.2, 0) is 4.79 Å². The number of phenolic OH excluding ortho intramolecular Hbond substituents is 1. The van der Waals surface area contributed by atoms with Crippen molar-refractivity contribution in [3.8, 4) is 5.75 Å². The number of hydrazone groups is 1. The van der Waals surface area contributed by atoms with Gasteiger partial charge in [-0.05, 0) is 67.6 Å². The monoisotopic (exact) mass is 529 g/mol. The molecule has 0 spiro atoms. The zero-order valence-electron chi connectivity index (χ0n) is 15.0. The summed E-state index contributed by atoms with van der Waals surface area (Å²) in [6, 6.07) is 9.12. The Morgan fingerprint density at radius 2 is 1.79 bits per heavy atom. The summed E-state index contributed by atoms with van der Waals surface area (Å²) >= 11 is 12.5. The zero-order chi connectivity index (χ0) is 20.8. The van der Waals surface area contributed by atoms with Crippen LogP contribution in [0.1, 0.15) is 29.8 Å². The molecule has 6 nitrogen and oxygen atoms in total. The van der Waals surface area contributed by atoms with Crippen LogP contribution in [0.4, 0.5) is 0 Å². The van der Waals surface area contributed by atoms with Gasteiger partial charge in [-0.2, -0.15) is 5.10 Å². The maximum absolute atomic E-state index is 12.5. The second-order valence-electron chi connectivity index (χ2n) is 6.24. The Hall–Kier alpha value is -1.90. The van der Waals surface area contributed by atoms with E-state index in [1.54, 1.807) is 36.4 Å². The second-order valence-corrected chi connectivity index (χ2v) is 8.36. The summed E-state index contributed by atoms with van der Waals surface area (Å²) in [6.07, 6.45) is 1.43. The molecule has 2 aromatic carbocycles. The van der Waals surface area contributed by atoms with Crippen LogP contribution in [0.25, 0.3) is 0 Å². The molecule has 0 aliphatic rings. The van der Waals surface area contributed by atoms with Crippen molar-refractivity contribution >= 4 is 61.5 Å². The van der Waals surface area contributed by atoms with Gasteiger partial charge in [0.2, 0.25) is 0 Å². The number of nitrogens with zero attached hydrogens (tertiary/aromatic N) is 1. The number of amides is 2. The van der Waals surface area contributed by atoms with E-state index in [0.717, 1.165) is 0 Å². The molecule has 0 fully saturated rings. The van der Waals surface area contributed by atoms with E-state index in [1.807, 2.05) is 13.8 Å². The first-order chi connectivity index (χ1) is 13.2. The second kappa shape index (κ2) is 10.0. The molecule has 9 heteroatoms. The van der Waals surface area contributed by atoms with Gasteiger partial charge in [0, 0.05) is 0 Å². The molecule has 1 unspecified atom stereocenters. The van der Waals surface area contributed by atoms with E-state index >= 15 is 0 Å². The van der Waals surface area contributed by atoms with Crippen molar-refractivity contribution in [2.24, 2.45) is 11.0 Å². The minimum absolute atomic E-state index is 0.0725. The van der Waals surface area contributed by atoms with Crippen LogP contribution in [0.2, 0.25) is 5.02 Å². The van der Waals surface area contributed by atoms with Gasteiger partial charge < -0.3 is 10.4 Å². The Labute approximate surface area is 184 Å². The van der Waals surface area contributed by atoms with Gasteiger partial charge in [0.1, 0.15) is 11.8 Å². The fourth-order valence-corrected chi connectivity index (χ4v) is 3.74. The van der Waals surface area contributed by atoms with Crippen LogP contribution >= 0.6 is 43.5 Å². The van der Waals surface area contributed by atoms with E-state index in [4.69, 9.17) is 11.6 Å². The standard InChI is InChI=1S/C19H18Br2ClN3O3/c1-10(2)16(24-18(27)12-5-3-4-6-15(12)22)19(28)25-23-9-11-7-13(20)17(26)14(21)8-11/h3-10,16,26H,1-2H3,(H,24,27)(H,25,28)/b23-9+. The fraction of sp³-hybridized carbons (Fsp3) is 0.211. The van der Waals surface area contributed by atoms with Gasteiger partial charge in [-0.1, -0.05) is 37.6 Å². The number of rotatable bonds is 6. The van der Waals surface area contributed by atoms with Crippen LogP contribution in [0.3, 0.4) is 0 Å². The van der Waals surface area contributed by atoms with Crippen LogP contribution < -0.4 is 10.7 Å². The average molecular weight is 532 g/mol. The van der Waals surface area contributed by atoms with Gasteiger partial charge in [0.15, 0.2) is 0 Å². The largest absolute Gasteiger partial charge is 0.506 e. The van der Waals surface area contributed by atoms with E-state index in [9.17, 15) is 14.7 Å². The summed E-state index contributed by atoms with van der Waals surface area (Å²) in [4.78, 5) is 24.9. The lowest BCUT2D eigenvalue weighted by Gasteiger charge is -2.20. The number of benzene rings is 2.